The van der Waals surface area contributed by atoms with Crippen molar-refractivity contribution in [2.24, 2.45) is 5.92 Å². The highest BCUT2D eigenvalue weighted by Crippen LogP contribution is 2.33. The highest BCUT2D eigenvalue weighted by Gasteiger charge is 2.36. The molecule has 0 spiro atoms. The van der Waals surface area contributed by atoms with Gasteiger partial charge in [0.15, 0.2) is 0 Å². The van der Waals surface area contributed by atoms with Crippen molar-refractivity contribution in [3.63, 3.8) is 0 Å². The Hall–Kier alpha value is -2.10. The maximum Gasteiger partial charge on any atom is 0.389 e. The first kappa shape index (κ1) is 19.7. The molecule has 1 amide bonds. The van der Waals surface area contributed by atoms with Gasteiger partial charge in [-0.15, -0.1) is 11.3 Å². The molecule has 1 aliphatic heterocycles. The van der Waals surface area contributed by atoms with E-state index in [4.69, 9.17) is 0 Å². The molecule has 1 N–H and O–H groups in total. The van der Waals surface area contributed by atoms with Crippen molar-refractivity contribution in [3.05, 3.63) is 31.3 Å². The van der Waals surface area contributed by atoms with Crippen LogP contribution in [-0.4, -0.2) is 33.1 Å². The molecule has 10 heteroatoms. The molecular weight excluding hydrogens is 383 g/mol. The molecule has 2 aromatic rings. The number of aromatic amines is 1. The lowest BCUT2D eigenvalue weighted by Gasteiger charge is -2.29. The number of hydrogen-bond donors (Lipinski definition) is 1. The van der Waals surface area contributed by atoms with Gasteiger partial charge in [-0.2, -0.15) is 13.2 Å². The second-order valence-corrected chi connectivity index (χ2v) is 7.93. The normalized spacial score (nSPS) is 15.8. The first-order valence-electron chi connectivity index (χ1n) is 8.75. The van der Waals surface area contributed by atoms with Crippen molar-refractivity contribution < 1.29 is 18.0 Å². The van der Waals surface area contributed by atoms with E-state index in [1.165, 1.54) is 23.2 Å². The summed E-state index contributed by atoms with van der Waals surface area (Å²) in [5.41, 5.74) is -0.0355. The average Bonchev–Trinajstić information content (AvgIpc) is 2.93. The molecule has 0 saturated heterocycles. The zero-order chi connectivity index (χ0) is 19.9. The van der Waals surface area contributed by atoms with Gasteiger partial charge in [-0.3, -0.25) is 19.1 Å². The number of carbonyl (C=O) groups excluding carboxylic acids is 1. The summed E-state index contributed by atoms with van der Waals surface area (Å²) < 4.78 is 38.8. The van der Waals surface area contributed by atoms with Crippen molar-refractivity contribution in [2.45, 2.75) is 52.4 Å². The average molecular weight is 403 g/mol. The zero-order valence-corrected chi connectivity index (χ0v) is 15.8. The fourth-order valence-electron chi connectivity index (χ4n) is 3.47. The van der Waals surface area contributed by atoms with Gasteiger partial charge in [0.2, 0.25) is 5.91 Å². The molecule has 0 radical (unpaired) electrons. The largest absolute Gasteiger partial charge is 0.389 e. The van der Waals surface area contributed by atoms with Crippen molar-refractivity contribution >= 4 is 27.5 Å². The lowest BCUT2D eigenvalue weighted by molar-refractivity contribution is -0.158. The number of thiophene rings is 1. The minimum absolute atomic E-state index is 0.158. The SMILES string of the molecule is CCCn1c(=O)[nH]c2sc3c(c2c1=O)CCN(C(=O)C(C)CC(F)(F)F)C3. The quantitative estimate of drug-likeness (QED) is 0.853. The Morgan fingerprint density at radius 3 is 2.67 bits per heavy atom. The van der Waals surface area contributed by atoms with Crippen LogP contribution in [0.1, 0.15) is 37.1 Å². The van der Waals surface area contributed by atoms with Crippen LogP contribution in [0.2, 0.25) is 0 Å². The Labute approximate surface area is 156 Å². The lowest BCUT2D eigenvalue weighted by atomic mass is 10.0. The summed E-state index contributed by atoms with van der Waals surface area (Å²) in [5, 5.41) is 0.457. The van der Waals surface area contributed by atoms with Crippen LogP contribution in [0.25, 0.3) is 10.2 Å². The maximum absolute atomic E-state index is 12.7. The number of halogens is 3. The Morgan fingerprint density at radius 2 is 2.04 bits per heavy atom. The van der Waals surface area contributed by atoms with Gasteiger partial charge in [0.1, 0.15) is 4.83 Å². The van der Waals surface area contributed by atoms with Gasteiger partial charge in [-0.25, -0.2) is 4.79 Å². The molecule has 3 rings (SSSR count). The molecule has 2 aromatic heterocycles. The minimum atomic E-state index is -4.39. The van der Waals surface area contributed by atoms with Gasteiger partial charge >= 0.3 is 11.9 Å². The molecule has 0 bridgehead atoms. The highest BCUT2D eigenvalue weighted by atomic mass is 32.1. The maximum atomic E-state index is 12.7. The summed E-state index contributed by atoms with van der Waals surface area (Å²) >= 11 is 1.22. The number of aromatic nitrogens is 2. The molecule has 3 heterocycles. The Kier molecular flexibility index (Phi) is 5.20. The monoisotopic (exact) mass is 403 g/mol. The van der Waals surface area contributed by atoms with Crippen molar-refractivity contribution in [1.82, 2.24) is 14.5 Å². The van der Waals surface area contributed by atoms with Crippen LogP contribution in [0.3, 0.4) is 0 Å². The van der Waals surface area contributed by atoms with E-state index < -0.39 is 30.1 Å². The molecule has 0 aromatic carbocycles. The number of hydrogen-bond acceptors (Lipinski definition) is 4. The predicted octanol–water partition coefficient (Wildman–Crippen LogP) is 2.63. The molecule has 148 valence electrons. The summed E-state index contributed by atoms with van der Waals surface area (Å²) in [5.74, 6) is -1.70. The van der Waals surface area contributed by atoms with Crippen molar-refractivity contribution in [2.75, 3.05) is 6.54 Å². The fraction of sp³-hybridized carbons (Fsp3) is 0.588. The minimum Gasteiger partial charge on any atom is -0.337 e. The molecule has 27 heavy (non-hydrogen) atoms. The Morgan fingerprint density at radius 1 is 1.33 bits per heavy atom. The number of fused-ring (bicyclic) bond motifs is 3. The zero-order valence-electron chi connectivity index (χ0n) is 15.0. The summed E-state index contributed by atoms with van der Waals surface area (Å²) in [7, 11) is 0. The molecule has 0 fully saturated rings. The molecule has 6 nitrogen and oxygen atoms in total. The van der Waals surface area contributed by atoms with Crippen LogP contribution in [-0.2, 0) is 24.3 Å². The predicted molar refractivity (Wildman–Crippen MR) is 96.0 cm³/mol. The number of nitrogens with one attached hydrogen (secondary N) is 1. The number of alkyl halides is 3. The van der Waals surface area contributed by atoms with Crippen LogP contribution in [0.15, 0.2) is 9.59 Å². The van der Waals surface area contributed by atoms with Crippen molar-refractivity contribution in [1.29, 1.82) is 0 Å². The van der Waals surface area contributed by atoms with Crippen LogP contribution >= 0.6 is 11.3 Å². The summed E-state index contributed by atoms with van der Waals surface area (Å²) in [6.07, 6.45) is -4.53. The highest BCUT2D eigenvalue weighted by molar-refractivity contribution is 7.18. The van der Waals surface area contributed by atoms with E-state index in [1.54, 1.807) is 0 Å². The smallest absolute Gasteiger partial charge is 0.337 e. The van der Waals surface area contributed by atoms with Crippen molar-refractivity contribution in [3.8, 4) is 0 Å². The molecular formula is C17H20F3N3O3S. The van der Waals surface area contributed by atoms with Gasteiger partial charge in [0.25, 0.3) is 5.56 Å². The number of nitrogens with zero attached hydrogens (tertiary/aromatic N) is 2. The van der Waals surface area contributed by atoms with E-state index >= 15 is 0 Å². The number of amides is 1. The number of H-pyrrole nitrogens is 1. The first-order valence-corrected chi connectivity index (χ1v) is 9.57. The molecule has 1 unspecified atom stereocenters. The third-order valence-electron chi connectivity index (χ3n) is 4.70. The summed E-state index contributed by atoms with van der Waals surface area (Å²) in [6.45, 7) is 3.87. The molecule has 0 saturated carbocycles. The molecule has 0 aliphatic carbocycles. The van der Waals surface area contributed by atoms with Crippen LogP contribution < -0.4 is 11.2 Å². The second kappa shape index (κ2) is 7.14. The third-order valence-corrected chi connectivity index (χ3v) is 5.83. The van der Waals surface area contributed by atoms with Gasteiger partial charge < -0.3 is 4.90 Å². The van der Waals surface area contributed by atoms with Crippen LogP contribution in [0, 0.1) is 5.92 Å². The van der Waals surface area contributed by atoms with Gasteiger partial charge in [-0.1, -0.05) is 13.8 Å². The Bertz CT molecular complexity index is 989. The lowest BCUT2D eigenvalue weighted by Crippen LogP contribution is -2.40. The second-order valence-electron chi connectivity index (χ2n) is 6.83. The fourth-order valence-corrected chi connectivity index (χ4v) is 4.72. The van der Waals surface area contributed by atoms with Crippen LogP contribution in [0.5, 0.6) is 0 Å². The van der Waals surface area contributed by atoms with Gasteiger partial charge in [-0.05, 0) is 18.4 Å². The van der Waals surface area contributed by atoms with E-state index in [-0.39, 0.29) is 18.6 Å². The summed E-state index contributed by atoms with van der Waals surface area (Å²) in [4.78, 5) is 42.5. The van der Waals surface area contributed by atoms with Crippen LogP contribution in [0.4, 0.5) is 13.2 Å². The van der Waals surface area contributed by atoms with E-state index in [1.807, 2.05) is 6.92 Å². The van der Waals surface area contributed by atoms with E-state index in [9.17, 15) is 27.6 Å². The topological polar surface area (TPSA) is 75.2 Å². The molecule has 1 atom stereocenters. The Balaban J connectivity index is 1.92. The van der Waals surface area contributed by atoms with E-state index in [2.05, 4.69) is 4.98 Å². The third kappa shape index (κ3) is 3.80. The standard InChI is InChI=1S/C17H20F3N3O3S/c1-3-5-23-15(25)12-10-4-6-22(14(24)9(2)7-17(18,19)20)8-11(10)27-13(12)21-16(23)26/h9H,3-8H2,1-2H3,(H,21,26). The first-order chi connectivity index (χ1) is 12.6. The van der Waals surface area contributed by atoms with E-state index in [0.717, 1.165) is 15.0 Å². The number of rotatable bonds is 4. The number of carbonyl (C=O) groups is 1. The van der Waals surface area contributed by atoms with Gasteiger partial charge in [0.05, 0.1) is 18.4 Å². The molecule has 1 aliphatic rings. The van der Waals surface area contributed by atoms with E-state index in [0.29, 0.717) is 29.6 Å². The van der Waals surface area contributed by atoms with Gasteiger partial charge in [0, 0.05) is 23.9 Å². The summed E-state index contributed by atoms with van der Waals surface area (Å²) in [6, 6.07) is 0.